The van der Waals surface area contributed by atoms with Crippen LogP contribution in [0.3, 0.4) is 0 Å². The molecule has 1 saturated carbocycles. The Morgan fingerprint density at radius 1 is 1.40 bits per heavy atom. The van der Waals surface area contributed by atoms with Crippen LogP contribution >= 0.6 is 11.3 Å². The van der Waals surface area contributed by atoms with Gasteiger partial charge in [0.25, 0.3) is 0 Å². The predicted octanol–water partition coefficient (Wildman–Crippen LogP) is 2.81. The van der Waals surface area contributed by atoms with Crippen LogP contribution in [-0.4, -0.2) is 31.9 Å². The molecule has 20 heavy (non-hydrogen) atoms. The number of nitrogens with zero attached hydrogens (tertiary/aromatic N) is 1. The van der Waals surface area contributed by atoms with Crippen molar-refractivity contribution in [2.75, 3.05) is 13.1 Å². The summed E-state index contributed by atoms with van der Waals surface area (Å²) in [6, 6.07) is 2.06. The monoisotopic (exact) mass is 316 g/mol. The standard InChI is InChI=1S/C14H24N2O2S2/c1-3-5-8-16(12-6-7-12)20(17,18)14-9-13(19-11-14)10-15-4-2/h9,11-12,15H,3-8,10H2,1-2H3. The number of hydrogen-bond donors (Lipinski definition) is 1. The highest BCUT2D eigenvalue weighted by atomic mass is 32.2. The summed E-state index contributed by atoms with van der Waals surface area (Å²) in [7, 11) is -3.30. The Kier molecular flexibility index (Phi) is 5.60. The molecule has 1 aromatic heterocycles. The molecule has 114 valence electrons. The molecule has 1 heterocycles. The fourth-order valence-electron chi connectivity index (χ4n) is 2.15. The van der Waals surface area contributed by atoms with Gasteiger partial charge in [0.2, 0.25) is 10.0 Å². The highest BCUT2D eigenvalue weighted by Crippen LogP contribution is 2.33. The number of sulfonamides is 1. The molecule has 0 atom stereocenters. The van der Waals surface area contributed by atoms with Gasteiger partial charge in [0.1, 0.15) is 0 Å². The van der Waals surface area contributed by atoms with Gasteiger partial charge in [-0.1, -0.05) is 20.3 Å². The van der Waals surface area contributed by atoms with Gasteiger partial charge in [-0.3, -0.25) is 0 Å². The van der Waals surface area contributed by atoms with Crippen molar-refractivity contribution in [3.8, 4) is 0 Å². The van der Waals surface area contributed by atoms with Gasteiger partial charge in [-0.05, 0) is 31.9 Å². The summed E-state index contributed by atoms with van der Waals surface area (Å²) < 4.78 is 27.2. The SMILES string of the molecule is CCCCN(C1CC1)S(=O)(=O)c1csc(CNCC)c1. The van der Waals surface area contributed by atoms with Crippen LogP contribution in [0.25, 0.3) is 0 Å². The minimum absolute atomic E-state index is 0.240. The molecule has 0 saturated heterocycles. The largest absolute Gasteiger partial charge is 0.312 e. The Balaban J connectivity index is 2.12. The molecule has 4 nitrogen and oxygen atoms in total. The van der Waals surface area contributed by atoms with E-state index in [-0.39, 0.29) is 6.04 Å². The zero-order valence-electron chi connectivity index (χ0n) is 12.3. The number of nitrogens with one attached hydrogen (secondary N) is 1. The third-order valence-electron chi connectivity index (χ3n) is 3.47. The lowest BCUT2D eigenvalue weighted by Gasteiger charge is -2.20. The van der Waals surface area contributed by atoms with Crippen LogP contribution in [0.4, 0.5) is 0 Å². The molecule has 0 unspecified atom stereocenters. The lowest BCUT2D eigenvalue weighted by Crippen LogP contribution is -2.33. The van der Waals surface area contributed by atoms with Crippen LogP contribution in [0.15, 0.2) is 16.3 Å². The highest BCUT2D eigenvalue weighted by molar-refractivity contribution is 7.89. The summed E-state index contributed by atoms with van der Waals surface area (Å²) in [4.78, 5) is 1.55. The van der Waals surface area contributed by atoms with Gasteiger partial charge in [0.15, 0.2) is 0 Å². The maximum absolute atomic E-state index is 12.7. The van der Waals surface area contributed by atoms with Crippen LogP contribution in [-0.2, 0) is 16.6 Å². The van der Waals surface area contributed by atoms with Crippen molar-refractivity contribution in [2.45, 2.75) is 57.0 Å². The van der Waals surface area contributed by atoms with Crippen molar-refractivity contribution in [3.63, 3.8) is 0 Å². The van der Waals surface area contributed by atoms with E-state index in [1.807, 2.05) is 13.0 Å². The second-order valence-electron chi connectivity index (χ2n) is 5.23. The van der Waals surface area contributed by atoms with E-state index in [0.717, 1.165) is 43.6 Å². The smallest absolute Gasteiger partial charge is 0.244 e. The minimum Gasteiger partial charge on any atom is -0.312 e. The summed E-state index contributed by atoms with van der Waals surface area (Å²) in [6.45, 7) is 6.43. The Hall–Kier alpha value is -0.430. The minimum atomic E-state index is -3.30. The van der Waals surface area contributed by atoms with Crippen molar-refractivity contribution >= 4 is 21.4 Å². The second-order valence-corrected chi connectivity index (χ2v) is 8.12. The summed E-state index contributed by atoms with van der Waals surface area (Å²) in [5.41, 5.74) is 0. The molecule has 1 aliphatic rings. The molecule has 1 aromatic rings. The second kappa shape index (κ2) is 7.02. The van der Waals surface area contributed by atoms with E-state index in [1.54, 1.807) is 9.69 Å². The maximum atomic E-state index is 12.7. The zero-order valence-corrected chi connectivity index (χ0v) is 13.9. The first-order chi connectivity index (χ1) is 9.59. The van der Waals surface area contributed by atoms with E-state index < -0.39 is 10.0 Å². The molecule has 0 spiro atoms. The van der Waals surface area contributed by atoms with Crippen LogP contribution < -0.4 is 5.32 Å². The normalized spacial score (nSPS) is 15.9. The molecule has 2 rings (SSSR count). The van der Waals surface area contributed by atoms with Crippen LogP contribution in [0.2, 0.25) is 0 Å². The predicted molar refractivity (Wildman–Crippen MR) is 83.5 cm³/mol. The van der Waals surface area contributed by atoms with Crippen LogP contribution in [0.1, 0.15) is 44.4 Å². The highest BCUT2D eigenvalue weighted by Gasteiger charge is 2.37. The van der Waals surface area contributed by atoms with Gasteiger partial charge in [-0.15, -0.1) is 11.3 Å². The Bertz CT molecular complexity index is 521. The van der Waals surface area contributed by atoms with Crippen molar-refractivity contribution in [2.24, 2.45) is 0 Å². The molecule has 0 amide bonds. The van der Waals surface area contributed by atoms with Gasteiger partial charge < -0.3 is 5.32 Å². The summed E-state index contributed by atoms with van der Waals surface area (Å²) in [6.07, 6.45) is 3.98. The lowest BCUT2D eigenvalue weighted by molar-refractivity contribution is 0.396. The maximum Gasteiger partial charge on any atom is 0.244 e. The van der Waals surface area contributed by atoms with Gasteiger partial charge in [-0.2, -0.15) is 4.31 Å². The number of unbranched alkanes of at least 4 members (excludes halogenated alkanes) is 1. The van der Waals surface area contributed by atoms with E-state index in [9.17, 15) is 8.42 Å². The Labute approximate surface area is 126 Å². The number of thiophene rings is 1. The molecule has 0 aliphatic heterocycles. The molecule has 1 aliphatic carbocycles. The fourth-order valence-corrected chi connectivity index (χ4v) is 5.10. The van der Waals surface area contributed by atoms with Crippen molar-refractivity contribution in [1.29, 1.82) is 0 Å². The van der Waals surface area contributed by atoms with E-state index in [1.165, 1.54) is 11.3 Å². The molecule has 0 radical (unpaired) electrons. The van der Waals surface area contributed by atoms with E-state index >= 15 is 0 Å². The Morgan fingerprint density at radius 3 is 2.75 bits per heavy atom. The van der Waals surface area contributed by atoms with Crippen LogP contribution in [0.5, 0.6) is 0 Å². The molecular weight excluding hydrogens is 292 g/mol. The molecular formula is C14H24N2O2S2. The third-order valence-corrected chi connectivity index (χ3v) is 6.49. The zero-order chi connectivity index (χ0) is 14.6. The number of hydrogen-bond acceptors (Lipinski definition) is 4. The fraction of sp³-hybridized carbons (Fsp3) is 0.714. The number of rotatable bonds is 9. The van der Waals surface area contributed by atoms with E-state index in [2.05, 4.69) is 12.2 Å². The van der Waals surface area contributed by atoms with Gasteiger partial charge in [-0.25, -0.2) is 8.42 Å². The first-order valence-corrected chi connectivity index (χ1v) is 9.71. The van der Waals surface area contributed by atoms with Crippen molar-refractivity contribution in [1.82, 2.24) is 9.62 Å². The molecule has 6 heteroatoms. The molecule has 0 aromatic carbocycles. The summed E-state index contributed by atoms with van der Waals surface area (Å²) in [5, 5.41) is 5.01. The quantitative estimate of drug-likeness (QED) is 0.762. The lowest BCUT2D eigenvalue weighted by atomic mass is 10.3. The van der Waals surface area contributed by atoms with Gasteiger partial charge in [0.05, 0.1) is 4.90 Å². The summed E-state index contributed by atoms with van der Waals surface area (Å²) >= 11 is 1.52. The summed E-state index contributed by atoms with van der Waals surface area (Å²) in [5.74, 6) is 0. The average Bonchev–Trinajstić information content (AvgIpc) is 3.13. The Morgan fingerprint density at radius 2 is 2.15 bits per heavy atom. The first kappa shape index (κ1) is 15.9. The van der Waals surface area contributed by atoms with Crippen LogP contribution in [0, 0.1) is 0 Å². The van der Waals surface area contributed by atoms with Crippen molar-refractivity contribution < 1.29 is 8.42 Å². The van der Waals surface area contributed by atoms with E-state index in [4.69, 9.17) is 0 Å². The topological polar surface area (TPSA) is 49.4 Å². The van der Waals surface area contributed by atoms with Gasteiger partial charge in [0, 0.05) is 29.4 Å². The molecule has 1 fully saturated rings. The van der Waals surface area contributed by atoms with E-state index in [0.29, 0.717) is 11.4 Å². The third kappa shape index (κ3) is 3.81. The molecule has 0 bridgehead atoms. The first-order valence-electron chi connectivity index (χ1n) is 7.39. The average molecular weight is 316 g/mol. The molecule has 1 N–H and O–H groups in total. The van der Waals surface area contributed by atoms with Crippen molar-refractivity contribution in [3.05, 3.63) is 16.3 Å². The van der Waals surface area contributed by atoms with Gasteiger partial charge >= 0.3 is 0 Å².